The molecule has 8 heteroatoms. The second kappa shape index (κ2) is 6.77. The van der Waals surface area contributed by atoms with Gasteiger partial charge in [0.2, 0.25) is 5.95 Å². The van der Waals surface area contributed by atoms with Gasteiger partial charge in [0.25, 0.3) is 0 Å². The second-order valence-electron chi connectivity index (χ2n) is 7.22. The van der Waals surface area contributed by atoms with E-state index in [9.17, 15) is 4.79 Å². The van der Waals surface area contributed by atoms with E-state index < -0.39 is 5.97 Å². The summed E-state index contributed by atoms with van der Waals surface area (Å²) in [5.74, 6) is -0.316. The molecule has 0 radical (unpaired) electrons. The van der Waals surface area contributed by atoms with Gasteiger partial charge in [-0.1, -0.05) is 0 Å². The van der Waals surface area contributed by atoms with Crippen LogP contribution in [0.5, 0.6) is 0 Å². The Hall–Kier alpha value is -2.74. The number of anilines is 2. The van der Waals surface area contributed by atoms with Crippen molar-refractivity contribution in [3.05, 3.63) is 41.5 Å². The number of pyridine rings is 1. The molecule has 4 rings (SSSR count). The van der Waals surface area contributed by atoms with Crippen LogP contribution in [0.25, 0.3) is 0 Å². The van der Waals surface area contributed by atoms with Crippen molar-refractivity contribution >= 4 is 17.6 Å². The predicted molar refractivity (Wildman–Crippen MR) is 100 cm³/mol. The maximum absolute atomic E-state index is 11.2. The van der Waals surface area contributed by atoms with E-state index in [0.29, 0.717) is 12.6 Å². The van der Waals surface area contributed by atoms with Crippen molar-refractivity contribution in [2.75, 3.05) is 43.6 Å². The fourth-order valence-electron chi connectivity index (χ4n) is 3.86. The molecule has 2 aromatic rings. The third-order valence-electron chi connectivity index (χ3n) is 5.33. The second-order valence-corrected chi connectivity index (χ2v) is 7.22. The zero-order chi connectivity index (χ0) is 19.0. The number of hydrogen-bond acceptors (Lipinski definition) is 7. The number of aromatic carboxylic acids is 1. The minimum atomic E-state index is -1.01. The Bertz CT molecular complexity index is 862. The Kier molecular flexibility index (Phi) is 4.43. The maximum atomic E-state index is 11.2. The molecule has 1 saturated heterocycles. The summed E-state index contributed by atoms with van der Waals surface area (Å²) in [6.45, 7) is 2.21. The van der Waals surface area contributed by atoms with E-state index in [1.807, 2.05) is 31.3 Å². The first kappa shape index (κ1) is 17.7. The first-order valence-corrected chi connectivity index (χ1v) is 9.10. The summed E-state index contributed by atoms with van der Waals surface area (Å²) in [4.78, 5) is 28.4. The van der Waals surface area contributed by atoms with E-state index in [1.165, 1.54) is 0 Å². The van der Waals surface area contributed by atoms with Crippen LogP contribution in [0, 0.1) is 0 Å². The lowest BCUT2D eigenvalue weighted by Crippen LogP contribution is -2.47. The first-order chi connectivity index (χ1) is 13.0. The average molecular weight is 369 g/mol. The molecule has 1 fully saturated rings. The summed E-state index contributed by atoms with van der Waals surface area (Å²) in [5, 5.41) is 9.17. The van der Waals surface area contributed by atoms with E-state index >= 15 is 0 Å². The summed E-state index contributed by atoms with van der Waals surface area (Å²) in [6.07, 6.45) is 5.91. The molecule has 2 aliphatic heterocycles. The number of carboxylic acids is 1. The van der Waals surface area contributed by atoms with Crippen molar-refractivity contribution in [1.82, 2.24) is 15.0 Å². The summed E-state index contributed by atoms with van der Waals surface area (Å²) in [6, 6.07) is 3.48. The highest BCUT2D eigenvalue weighted by Crippen LogP contribution is 2.41. The van der Waals surface area contributed by atoms with Crippen LogP contribution in [0.2, 0.25) is 0 Å². The normalized spacial score (nSPS) is 18.2. The molecule has 2 aliphatic rings. The van der Waals surface area contributed by atoms with Gasteiger partial charge in [0.1, 0.15) is 11.3 Å². The Morgan fingerprint density at radius 1 is 1.30 bits per heavy atom. The van der Waals surface area contributed by atoms with Gasteiger partial charge >= 0.3 is 5.97 Å². The number of ether oxygens (including phenoxy) is 1. The fourth-order valence-corrected chi connectivity index (χ4v) is 3.86. The molecule has 1 N–H and O–H groups in total. The number of piperidine rings is 1. The summed E-state index contributed by atoms with van der Waals surface area (Å²) < 4.78 is 6.27. The Labute approximate surface area is 157 Å². The molecule has 0 atom stereocenters. The molecule has 0 saturated carbocycles. The van der Waals surface area contributed by atoms with E-state index in [0.717, 1.165) is 49.3 Å². The molecule has 142 valence electrons. The zero-order valence-electron chi connectivity index (χ0n) is 15.6. The van der Waals surface area contributed by atoms with Gasteiger partial charge in [0.15, 0.2) is 0 Å². The number of hydrogen-bond donors (Lipinski definition) is 1. The van der Waals surface area contributed by atoms with Crippen molar-refractivity contribution < 1.29 is 14.6 Å². The highest BCUT2D eigenvalue weighted by molar-refractivity contribution is 5.86. The molecule has 4 heterocycles. The molecule has 1 spiro atoms. The maximum Gasteiger partial charge on any atom is 0.354 e. The van der Waals surface area contributed by atoms with E-state index in [1.54, 1.807) is 12.3 Å². The monoisotopic (exact) mass is 369 g/mol. The molecule has 2 aromatic heterocycles. The number of carbonyl (C=O) groups is 1. The lowest BCUT2D eigenvalue weighted by atomic mass is 9.83. The van der Waals surface area contributed by atoms with Gasteiger partial charge in [0.05, 0.1) is 12.3 Å². The van der Waals surface area contributed by atoms with Crippen molar-refractivity contribution in [1.29, 1.82) is 0 Å². The molecule has 8 nitrogen and oxygen atoms in total. The molecule has 0 unspecified atom stereocenters. The molecule has 0 amide bonds. The van der Waals surface area contributed by atoms with E-state index in [2.05, 4.69) is 14.9 Å². The number of carboxylic acid groups (broad SMARTS) is 1. The topological polar surface area (TPSA) is 91.7 Å². The van der Waals surface area contributed by atoms with Crippen LogP contribution in [0.1, 0.15) is 34.6 Å². The van der Waals surface area contributed by atoms with E-state index in [-0.39, 0.29) is 11.3 Å². The van der Waals surface area contributed by atoms with Crippen molar-refractivity contribution in [2.24, 2.45) is 0 Å². The smallest absolute Gasteiger partial charge is 0.354 e. The number of aromatic nitrogens is 3. The lowest BCUT2D eigenvalue weighted by molar-refractivity contribution is -0.0801. The lowest BCUT2D eigenvalue weighted by Gasteiger charge is -2.44. The Balaban J connectivity index is 1.58. The van der Waals surface area contributed by atoms with Crippen LogP contribution in [-0.2, 0) is 16.8 Å². The molecule has 0 aromatic carbocycles. The Morgan fingerprint density at radius 2 is 2.07 bits per heavy atom. The summed E-state index contributed by atoms with van der Waals surface area (Å²) in [7, 11) is 3.87. The summed E-state index contributed by atoms with van der Waals surface area (Å²) in [5.41, 5.74) is 2.73. The van der Waals surface area contributed by atoms with Gasteiger partial charge in [-0.15, -0.1) is 0 Å². The van der Waals surface area contributed by atoms with Crippen LogP contribution >= 0.6 is 0 Å². The average Bonchev–Trinajstić information content (AvgIpc) is 2.69. The largest absolute Gasteiger partial charge is 0.477 e. The highest BCUT2D eigenvalue weighted by Gasteiger charge is 2.42. The number of rotatable bonds is 3. The van der Waals surface area contributed by atoms with Gasteiger partial charge in [-0.3, -0.25) is 0 Å². The predicted octanol–water partition coefficient (Wildman–Crippen LogP) is 1.70. The van der Waals surface area contributed by atoms with Gasteiger partial charge in [-0.25, -0.2) is 19.7 Å². The molecule has 0 aliphatic carbocycles. The zero-order valence-corrected chi connectivity index (χ0v) is 15.6. The number of fused-ring (bicyclic) bond motifs is 2. The van der Waals surface area contributed by atoms with Crippen LogP contribution in [0.3, 0.4) is 0 Å². The minimum absolute atomic E-state index is 0.0652. The van der Waals surface area contributed by atoms with Gasteiger partial charge in [-0.05, 0) is 37.0 Å². The van der Waals surface area contributed by atoms with E-state index in [4.69, 9.17) is 14.8 Å². The third kappa shape index (κ3) is 3.21. The van der Waals surface area contributed by atoms with Crippen molar-refractivity contribution in [3.8, 4) is 0 Å². The Morgan fingerprint density at radius 3 is 2.78 bits per heavy atom. The van der Waals surface area contributed by atoms with Gasteiger partial charge in [-0.2, -0.15) is 0 Å². The minimum Gasteiger partial charge on any atom is -0.477 e. The van der Waals surface area contributed by atoms with Crippen LogP contribution in [0.15, 0.2) is 24.5 Å². The molecular weight excluding hydrogens is 346 g/mol. The standard InChI is InChI=1S/C19H23N5O3/c1-23(2)18-21-12-13-4-10-27-19(16(13)22-18)5-8-24(9-6-19)14-3-7-20-15(11-14)17(25)26/h3,7,11-12H,4-6,8-10H2,1-2H3,(H,25,26). The first-order valence-electron chi connectivity index (χ1n) is 9.10. The van der Waals surface area contributed by atoms with Gasteiger partial charge < -0.3 is 19.6 Å². The molecule has 27 heavy (non-hydrogen) atoms. The fraction of sp³-hybridized carbons (Fsp3) is 0.474. The third-order valence-corrected chi connectivity index (χ3v) is 5.33. The number of nitrogens with zero attached hydrogens (tertiary/aromatic N) is 5. The molecule has 0 bridgehead atoms. The quantitative estimate of drug-likeness (QED) is 0.874. The highest BCUT2D eigenvalue weighted by atomic mass is 16.5. The van der Waals surface area contributed by atoms with Crippen molar-refractivity contribution in [2.45, 2.75) is 24.9 Å². The van der Waals surface area contributed by atoms with Crippen LogP contribution in [-0.4, -0.2) is 59.8 Å². The van der Waals surface area contributed by atoms with Crippen LogP contribution < -0.4 is 9.80 Å². The summed E-state index contributed by atoms with van der Waals surface area (Å²) >= 11 is 0. The van der Waals surface area contributed by atoms with Crippen molar-refractivity contribution in [3.63, 3.8) is 0 Å². The SMILES string of the molecule is CN(C)c1ncc2c(n1)C1(CCN(c3ccnc(C(=O)O)c3)CC1)OCC2. The van der Waals surface area contributed by atoms with Crippen LogP contribution in [0.4, 0.5) is 11.6 Å². The molecular formula is C19H23N5O3. The van der Waals surface area contributed by atoms with Gasteiger partial charge in [0, 0.05) is 45.3 Å².